The van der Waals surface area contributed by atoms with Crippen molar-refractivity contribution in [2.45, 2.75) is 38.3 Å². The Morgan fingerprint density at radius 2 is 2.00 bits per heavy atom. The molecule has 3 atom stereocenters. The number of aliphatic carboxylic acids is 2. The van der Waals surface area contributed by atoms with Crippen molar-refractivity contribution >= 4 is 11.9 Å². The lowest BCUT2D eigenvalue weighted by Gasteiger charge is -2.30. The second kappa shape index (κ2) is 4.41. The average Bonchev–Trinajstić information content (AvgIpc) is 2.16. The first-order chi connectivity index (χ1) is 6.52. The molecule has 0 bridgehead atoms. The first-order valence-corrected chi connectivity index (χ1v) is 4.74. The number of hydrogen-bond donors (Lipinski definition) is 3. The minimum Gasteiger partial charge on any atom is -0.481 e. The van der Waals surface area contributed by atoms with E-state index in [0.717, 1.165) is 12.8 Å². The fourth-order valence-electron chi connectivity index (χ4n) is 1.73. The van der Waals surface area contributed by atoms with Gasteiger partial charge in [0.2, 0.25) is 0 Å². The molecule has 5 heteroatoms. The van der Waals surface area contributed by atoms with Crippen LogP contribution in [0.2, 0.25) is 0 Å². The predicted molar refractivity (Wildman–Crippen MR) is 49.0 cm³/mol. The van der Waals surface area contributed by atoms with Crippen molar-refractivity contribution in [3.05, 3.63) is 0 Å². The fourth-order valence-corrected chi connectivity index (χ4v) is 1.73. The Labute approximate surface area is 82.1 Å². The molecule has 1 saturated heterocycles. The summed E-state index contributed by atoms with van der Waals surface area (Å²) in [5, 5.41) is 20.4. The molecule has 5 nitrogen and oxygen atoms in total. The van der Waals surface area contributed by atoms with Gasteiger partial charge >= 0.3 is 11.9 Å². The summed E-state index contributed by atoms with van der Waals surface area (Å²) in [7, 11) is 0. The molecule has 0 saturated carbocycles. The molecule has 0 aliphatic carbocycles. The van der Waals surface area contributed by atoms with Crippen LogP contribution in [0.4, 0.5) is 0 Å². The summed E-state index contributed by atoms with van der Waals surface area (Å²) in [6, 6.07) is -0.808. The van der Waals surface area contributed by atoms with E-state index in [-0.39, 0.29) is 6.04 Å². The summed E-state index contributed by atoms with van der Waals surface area (Å²) in [4.78, 5) is 21.4. The fraction of sp³-hybridized carbons (Fsp3) is 0.778. The predicted octanol–water partition coefficient (Wildman–Crippen LogP) is 0.302. The SMILES string of the molecule is C[C@@H](C(=O)O)[C@@H]1CCC[C@@H](C(=O)O)N1. The largest absolute Gasteiger partial charge is 0.481 e. The molecule has 0 unspecified atom stereocenters. The molecule has 0 amide bonds. The van der Waals surface area contributed by atoms with E-state index in [9.17, 15) is 9.59 Å². The van der Waals surface area contributed by atoms with Crippen LogP contribution in [-0.2, 0) is 9.59 Å². The number of carboxylic acid groups (broad SMARTS) is 2. The van der Waals surface area contributed by atoms with Gasteiger partial charge in [-0.1, -0.05) is 6.92 Å². The molecule has 0 aromatic rings. The Morgan fingerprint density at radius 1 is 1.36 bits per heavy atom. The van der Waals surface area contributed by atoms with E-state index < -0.39 is 23.9 Å². The third-order valence-corrected chi connectivity index (χ3v) is 2.71. The van der Waals surface area contributed by atoms with Crippen LogP contribution in [0.3, 0.4) is 0 Å². The Hall–Kier alpha value is -1.10. The van der Waals surface area contributed by atoms with Crippen molar-refractivity contribution in [2.24, 2.45) is 5.92 Å². The molecule has 0 radical (unpaired) electrons. The van der Waals surface area contributed by atoms with Crippen molar-refractivity contribution in [2.75, 3.05) is 0 Å². The maximum Gasteiger partial charge on any atom is 0.320 e. The monoisotopic (exact) mass is 201 g/mol. The molecule has 0 aromatic carbocycles. The first-order valence-electron chi connectivity index (χ1n) is 4.74. The molecule has 1 fully saturated rings. The second-order valence-corrected chi connectivity index (χ2v) is 3.72. The third kappa shape index (κ3) is 2.45. The lowest BCUT2D eigenvalue weighted by atomic mass is 9.90. The van der Waals surface area contributed by atoms with Crippen LogP contribution in [0.15, 0.2) is 0 Å². The number of rotatable bonds is 3. The summed E-state index contributed by atoms with van der Waals surface area (Å²) in [6.45, 7) is 1.60. The van der Waals surface area contributed by atoms with E-state index in [0.29, 0.717) is 6.42 Å². The lowest BCUT2D eigenvalue weighted by Crippen LogP contribution is -2.50. The summed E-state index contributed by atoms with van der Waals surface area (Å²) in [6.07, 6.45) is 2.08. The van der Waals surface area contributed by atoms with Crippen LogP contribution in [0.1, 0.15) is 26.2 Å². The number of piperidine rings is 1. The highest BCUT2D eigenvalue weighted by Gasteiger charge is 2.31. The van der Waals surface area contributed by atoms with Crippen molar-refractivity contribution in [3.8, 4) is 0 Å². The quantitative estimate of drug-likeness (QED) is 0.611. The van der Waals surface area contributed by atoms with Crippen LogP contribution in [-0.4, -0.2) is 34.2 Å². The van der Waals surface area contributed by atoms with Gasteiger partial charge in [0.05, 0.1) is 5.92 Å². The van der Waals surface area contributed by atoms with Crippen molar-refractivity contribution in [1.82, 2.24) is 5.32 Å². The van der Waals surface area contributed by atoms with Crippen molar-refractivity contribution in [1.29, 1.82) is 0 Å². The van der Waals surface area contributed by atoms with Gasteiger partial charge in [0.15, 0.2) is 0 Å². The highest BCUT2D eigenvalue weighted by molar-refractivity contribution is 5.74. The Morgan fingerprint density at radius 3 is 2.50 bits per heavy atom. The summed E-state index contributed by atoms with van der Waals surface area (Å²) >= 11 is 0. The van der Waals surface area contributed by atoms with E-state index in [1.54, 1.807) is 6.92 Å². The highest BCUT2D eigenvalue weighted by atomic mass is 16.4. The average molecular weight is 201 g/mol. The minimum absolute atomic E-state index is 0.220. The topological polar surface area (TPSA) is 86.6 Å². The van der Waals surface area contributed by atoms with Crippen LogP contribution in [0.5, 0.6) is 0 Å². The van der Waals surface area contributed by atoms with E-state index in [1.165, 1.54) is 0 Å². The molecule has 3 N–H and O–H groups in total. The standard InChI is InChI=1S/C9H15NO4/c1-5(8(11)12)6-3-2-4-7(10-6)9(13)14/h5-7,10H,2-4H2,1H3,(H,11,12)(H,13,14)/t5-,6+,7+/m1/s1. The maximum atomic E-state index is 10.7. The van der Waals surface area contributed by atoms with E-state index >= 15 is 0 Å². The third-order valence-electron chi connectivity index (χ3n) is 2.71. The maximum absolute atomic E-state index is 10.7. The molecule has 1 aliphatic heterocycles. The molecular formula is C9H15NO4. The molecule has 80 valence electrons. The molecule has 14 heavy (non-hydrogen) atoms. The van der Waals surface area contributed by atoms with Gasteiger partial charge in [0, 0.05) is 6.04 Å². The van der Waals surface area contributed by atoms with Crippen LogP contribution < -0.4 is 5.32 Å². The first kappa shape index (κ1) is 11.0. The zero-order valence-corrected chi connectivity index (χ0v) is 8.06. The zero-order valence-electron chi connectivity index (χ0n) is 8.06. The smallest absolute Gasteiger partial charge is 0.320 e. The van der Waals surface area contributed by atoms with Crippen LogP contribution in [0, 0.1) is 5.92 Å². The Bertz CT molecular complexity index is 229. The van der Waals surface area contributed by atoms with Gasteiger partial charge < -0.3 is 15.5 Å². The highest BCUT2D eigenvalue weighted by Crippen LogP contribution is 2.18. The Balaban J connectivity index is 2.55. The number of carbonyl (C=O) groups is 2. The number of nitrogens with one attached hydrogen (secondary N) is 1. The second-order valence-electron chi connectivity index (χ2n) is 3.72. The molecule has 0 aromatic heterocycles. The van der Waals surface area contributed by atoms with Gasteiger partial charge in [-0.05, 0) is 19.3 Å². The van der Waals surface area contributed by atoms with Gasteiger partial charge in [-0.15, -0.1) is 0 Å². The lowest BCUT2D eigenvalue weighted by molar-refractivity contribution is -0.145. The Kier molecular flexibility index (Phi) is 3.46. The van der Waals surface area contributed by atoms with Gasteiger partial charge in [0.1, 0.15) is 6.04 Å². The number of carboxylic acids is 2. The molecule has 1 heterocycles. The van der Waals surface area contributed by atoms with Crippen LogP contribution in [0.25, 0.3) is 0 Å². The van der Waals surface area contributed by atoms with Crippen molar-refractivity contribution < 1.29 is 19.8 Å². The molecular weight excluding hydrogens is 186 g/mol. The van der Waals surface area contributed by atoms with Crippen LogP contribution >= 0.6 is 0 Å². The summed E-state index contributed by atoms with van der Waals surface area (Å²) in [5.41, 5.74) is 0. The van der Waals surface area contributed by atoms with E-state index in [4.69, 9.17) is 10.2 Å². The zero-order chi connectivity index (χ0) is 10.7. The van der Waals surface area contributed by atoms with Gasteiger partial charge in [0.25, 0.3) is 0 Å². The normalized spacial score (nSPS) is 29.5. The molecule has 0 spiro atoms. The van der Waals surface area contributed by atoms with Gasteiger partial charge in [-0.25, -0.2) is 0 Å². The summed E-state index contributed by atoms with van der Waals surface area (Å²) < 4.78 is 0. The molecule has 1 rings (SSSR count). The number of hydrogen-bond acceptors (Lipinski definition) is 3. The van der Waals surface area contributed by atoms with E-state index in [1.807, 2.05) is 0 Å². The minimum atomic E-state index is -0.896. The summed E-state index contributed by atoms with van der Waals surface area (Å²) in [5.74, 6) is -2.31. The van der Waals surface area contributed by atoms with Gasteiger partial charge in [-0.3, -0.25) is 9.59 Å². The molecule has 1 aliphatic rings. The van der Waals surface area contributed by atoms with Gasteiger partial charge in [-0.2, -0.15) is 0 Å². The van der Waals surface area contributed by atoms with Crippen molar-refractivity contribution in [3.63, 3.8) is 0 Å². The van der Waals surface area contributed by atoms with E-state index in [2.05, 4.69) is 5.32 Å².